The maximum absolute atomic E-state index is 13.6. The van der Waals surface area contributed by atoms with E-state index >= 15 is 0 Å². The van der Waals surface area contributed by atoms with Crippen molar-refractivity contribution in [1.29, 1.82) is 0 Å². The number of nitrogens with zero attached hydrogens (tertiary/aromatic N) is 3. The molecule has 152 valence electrons. The molecule has 0 aliphatic carbocycles. The third-order valence-electron chi connectivity index (χ3n) is 5.15. The van der Waals surface area contributed by atoms with Gasteiger partial charge in [0.15, 0.2) is 0 Å². The number of ether oxygens (including phenoxy) is 1. The Balaban J connectivity index is 1.34. The molecular weight excluding hydrogens is 369 g/mol. The first kappa shape index (κ1) is 19.7. The van der Waals surface area contributed by atoms with E-state index < -0.39 is 0 Å². The average molecular weight is 395 g/mol. The molecule has 0 saturated carbocycles. The number of halogens is 1. The number of rotatable bonds is 9. The quantitative estimate of drug-likeness (QED) is 0.534. The Kier molecular flexibility index (Phi) is 6.64. The number of aryl methyl sites for hydroxylation is 1. The lowest BCUT2D eigenvalue weighted by Crippen LogP contribution is -2.33. The Morgan fingerprint density at radius 3 is 2.79 bits per heavy atom. The second-order valence-electron chi connectivity index (χ2n) is 7.48. The van der Waals surface area contributed by atoms with Crippen molar-refractivity contribution in [3.8, 4) is 11.4 Å². The van der Waals surface area contributed by atoms with Crippen LogP contribution in [0, 0.1) is 5.82 Å². The van der Waals surface area contributed by atoms with Crippen molar-refractivity contribution >= 4 is 0 Å². The molecule has 0 radical (unpaired) electrons. The molecule has 0 spiro atoms. The van der Waals surface area contributed by atoms with Gasteiger partial charge in [-0.1, -0.05) is 47.6 Å². The maximum Gasteiger partial charge on any atom is 0.227 e. The third kappa shape index (κ3) is 5.71. The normalized spacial score (nSPS) is 16.6. The lowest BCUT2D eigenvalue weighted by Gasteiger charge is -2.25. The Hall–Kier alpha value is -2.57. The summed E-state index contributed by atoms with van der Waals surface area (Å²) in [6.07, 6.45) is 4.06. The second-order valence-corrected chi connectivity index (χ2v) is 7.48. The molecule has 1 atom stereocenters. The molecule has 6 heteroatoms. The van der Waals surface area contributed by atoms with Gasteiger partial charge in [0.2, 0.25) is 11.7 Å². The van der Waals surface area contributed by atoms with Crippen LogP contribution in [0.3, 0.4) is 0 Å². The van der Waals surface area contributed by atoms with Crippen LogP contribution in [-0.4, -0.2) is 40.8 Å². The maximum atomic E-state index is 13.6. The predicted molar refractivity (Wildman–Crippen MR) is 109 cm³/mol. The minimum absolute atomic E-state index is 0.195. The Labute approximate surface area is 170 Å². The first-order chi connectivity index (χ1) is 14.3. The molecule has 5 nitrogen and oxygen atoms in total. The molecular formula is C23H26FN3O2. The summed E-state index contributed by atoms with van der Waals surface area (Å²) in [4.78, 5) is 6.84. The zero-order valence-corrected chi connectivity index (χ0v) is 16.5. The van der Waals surface area contributed by atoms with E-state index in [1.807, 2.05) is 36.4 Å². The minimum Gasteiger partial charge on any atom is -0.377 e. The van der Waals surface area contributed by atoms with E-state index in [1.54, 1.807) is 12.1 Å². The van der Waals surface area contributed by atoms with Crippen molar-refractivity contribution in [2.24, 2.45) is 0 Å². The van der Waals surface area contributed by atoms with Gasteiger partial charge < -0.3 is 9.26 Å². The van der Waals surface area contributed by atoms with E-state index in [1.165, 1.54) is 6.07 Å². The van der Waals surface area contributed by atoms with Crippen molar-refractivity contribution < 1.29 is 13.7 Å². The summed E-state index contributed by atoms with van der Waals surface area (Å²) in [6, 6.07) is 16.6. The molecule has 1 aliphatic rings. The lowest BCUT2D eigenvalue weighted by atomic mass is 10.1. The predicted octanol–water partition coefficient (Wildman–Crippen LogP) is 4.49. The monoisotopic (exact) mass is 395 g/mol. The summed E-state index contributed by atoms with van der Waals surface area (Å²) in [5.74, 6) is 1.07. The van der Waals surface area contributed by atoms with E-state index in [0.29, 0.717) is 24.7 Å². The Morgan fingerprint density at radius 1 is 1.10 bits per heavy atom. The summed E-state index contributed by atoms with van der Waals surface area (Å²) in [6.45, 7) is 3.26. The topological polar surface area (TPSA) is 51.4 Å². The Bertz CT molecular complexity index is 894. The van der Waals surface area contributed by atoms with Crippen LogP contribution in [0.4, 0.5) is 4.39 Å². The lowest BCUT2D eigenvalue weighted by molar-refractivity contribution is 0.0699. The van der Waals surface area contributed by atoms with Crippen LogP contribution in [0.2, 0.25) is 0 Å². The van der Waals surface area contributed by atoms with E-state index in [4.69, 9.17) is 9.26 Å². The molecule has 3 aromatic rings. The van der Waals surface area contributed by atoms with E-state index in [9.17, 15) is 4.39 Å². The molecule has 2 aromatic carbocycles. The zero-order chi connectivity index (χ0) is 19.9. The highest BCUT2D eigenvalue weighted by Crippen LogP contribution is 2.18. The zero-order valence-electron chi connectivity index (χ0n) is 16.5. The van der Waals surface area contributed by atoms with Gasteiger partial charge in [0.1, 0.15) is 5.82 Å². The van der Waals surface area contributed by atoms with Gasteiger partial charge >= 0.3 is 0 Å². The fourth-order valence-corrected chi connectivity index (χ4v) is 3.72. The molecule has 0 amide bonds. The summed E-state index contributed by atoms with van der Waals surface area (Å²) in [5, 5.41) is 4.08. The van der Waals surface area contributed by atoms with Gasteiger partial charge in [0.05, 0.1) is 6.10 Å². The smallest absolute Gasteiger partial charge is 0.227 e. The van der Waals surface area contributed by atoms with E-state index in [0.717, 1.165) is 50.1 Å². The molecule has 0 bridgehead atoms. The van der Waals surface area contributed by atoms with Crippen LogP contribution in [0.5, 0.6) is 0 Å². The number of benzene rings is 2. The fraction of sp³-hybridized carbons (Fsp3) is 0.391. The van der Waals surface area contributed by atoms with Gasteiger partial charge in [-0.25, -0.2) is 4.39 Å². The molecule has 1 aliphatic heterocycles. The van der Waals surface area contributed by atoms with Crippen LogP contribution in [0.15, 0.2) is 59.1 Å². The molecule has 1 fully saturated rings. The highest BCUT2D eigenvalue weighted by atomic mass is 19.1. The number of hydrogen-bond acceptors (Lipinski definition) is 5. The Morgan fingerprint density at radius 2 is 2.00 bits per heavy atom. The van der Waals surface area contributed by atoms with Gasteiger partial charge in [-0.05, 0) is 43.5 Å². The SMILES string of the molecule is Fc1cccc(CN(CCCc2nc(-c3ccccc3)no2)CC2CCCO2)c1. The summed E-state index contributed by atoms with van der Waals surface area (Å²) in [5.41, 5.74) is 1.93. The standard InChI is InChI=1S/C23H26FN3O2/c24-20-10-4-7-18(15-20)16-27(17-21-11-6-14-28-21)13-5-12-22-25-23(26-29-22)19-8-2-1-3-9-19/h1-4,7-10,15,21H,5-6,11-14,16-17H2. The minimum atomic E-state index is -0.195. The van der Waals surface area contributed by atoms with Gasteiger partial charge in [0, 0.05) is 31.7 Å². The van der Waals surface area contributed by atoms with Crippen molar-refractivity contribution in [2.45, 2.75) is 38.3 Å². The van der Waals surface area contributed by atoms with Crippen molar-refractivity contribution in [3.05, 3.63) is 71.9 Å². The second kappa shape index (κ2) is 9.76. The summed E-state index contributed by atoms with van der Waals surface area (Å²) >= 11 is 0. The van der Waals surface area contributed by atoms with Crippen molar-refractivity contribution in [2.75, 3.05) is 19.7 Å². The van der Waals surface area contributed by atoms with Gasteiger partial charge in [-0.2, -0.15) is 4.98 Å². The summed E-state index contributed by atoms with van der Waals surface area (Å²) < 4.78 is 24.8. The summed E-state index contributed by atoms with van der Waals surface area (Å²) in [7, 11) is 0. The van der Waals surface area contributed by atoms with E-state index in [-0.39, 0.29) is 11.9 Å². The number of aromatic nitrogens is 2. The molecule has 1 unspecified atom stereocenters. The molecule has 4 rings (SSSR count). The van der Waals surface area contributed by atoms with Crippen LogP contribution >= 0.6 is 0 Å². The van der Waals surface area contributed by atoms with Crippen molar-refractivity contribution in [1.82, 2.24) is 15.0 Å². The highest BCUT2D eigenvalue weighted by molar-refractivity contribution is 5.53. The molecule has 29 heavy (non-hydrogen) atoms. The first-order valence-corrected chi connectivity index (χ1v) is 10.2. The van der Waals surface area contributed by atoms with Crippen molar-refractivity contribution in [3.63, 3.8) is 0 Å². The number of hydrogen-bond donors (Lipinski definition) is 0. The fourth-order valence-electron chi connectivity index (χ4n) is 3.72. The highest BCUT2D eigenvalue weighted by Gasteiger charge is 2.20. The molecule has 1 aromatic heterocycles. The largest absolute Gasteiger partial charge is 0.377 e. The van der Waals surface area contributed by atoms with Gasteiger partial charge in [0.25, 0.3) is 0 Å². The van der Waals surface area contributed by atoms with Gasteiger partial charge in [-0.3, -0.25) is 4.90 Å². The molecule has 2 heterocycles. The van der Waals surface area contributed by atoms with E-state index in [2.05, 4.69) is 15.0 Å². The molecule has 0 N–H and O–H groups in total. The van der Waals surface area contributed by atoms with Crippen LogP contribution in [-0.2, 0) is 17.7 Å². The van der Waals surface area contributed by atoms with Crippen LogP contribution < -0.4 is 0 Å². The molecule has 1 saturated heterocycles. The van der Waals surface area contributed by atoms with Gasteiger partial charge in [-0.15, -0.1) is 0 Å². The average Bonchev–Trinajstić information content (AvgIpc) is 3.41. The van der Waals surface area contributed by atoms with Crippen LogP contribution in [0.25, 0.3) is 11.4 Å². The van der Waals surface area contributed by atoms with Crippen LogP contribution in [0.1, 0.15) is 30.7 Å². The third-order valence-corrected chi connectivity index (χ3v) is 5.15. The first-order valence-electron chi connectivity index (χ1n) is 10.2.